The Morgan fingerprint density at radius 2 is 2.22 bits per heavy atom. The molecule has 0 saturated heterocycles. The third kappa shape index (κ3) is 3.34. The smallest absolute Gasteiger partial charge is 0.252 e. The van der Waals surface area contributed by atoms with Crippen molar-refractivity contribution in [1.29, 1.82) is 0 Å². The van der Waals surface area contributed by atoms with E-state index in [0.29, 0.717) is 12.1 Å². The number of thiol groups is 1. The summed E-state index contributed by atoms with van der Waals surface area (Å²) in [6.07, 6.45) is 3.43. The van der Waals surface area contributed by atoms with Crippen LogP contribution in [0.3, 0.4) is 0 Å². The lowest BCUT2D eigenvalue weighted by Crippen LogP contribution is -2.23. The topological polar surface area (TPSA) is 42.0 Å². The van der Waals surface area contributed by atoms with Crippen molar-refractivity contribution in [2.24, 2.45) is 0 Å². The van der Waals surface area contributed by atoms with Gasteiger partial charge in [-0.3, -0.25) is 9.78 Å². The number of carbonyl (C=O) groups excluding carboxylic acids is 1. The van der Waals surface area contributed by atoms with Gasteiger partial charge in [-0.05, 0) is 45.8 Å². The Hall–Kier alpha value is -1.33. The fourth-order valence-corrected chi connectivity index (χ4v) is 2.10. The second-order valence-electron chi connectivity index (χ2n) is 3.71. The third-order valence-electron chi connectivity index (χ3n) is 2.37. The monoisotopic (exact) mass is 322 g/mol. The van der Waals surface area contributed by atoms with Crippen LogP contribution in [0.5, 0.6) is 0 Å². The van der Waals surface area contributed by atoms with Crippen molar-refractivity contribution in [2.75, 3.05) is 0 Å². The van der Waals surface area contributed by atoms with E-state index in [0.717, 1.165) is 14.9 Å². The van der Waals surface area contributed by atoms with Crippen LogP contribution in [0.4, 0.5) is 0 Å². The molecule has 0 radical (unpaired) electrons. The van der Waals surface area contributed by atoms with Gasteiger partial charge in [-0.25, -0.2) is 0 Å². The van der Waals surface area contributed by atoms with Gasteiger partial charge in [0.25, 0.3) is 5.91 Å². The van der Waals surface area contributed by atoms with Gasteiger partial charge in [0, 0.05) is 28.3 Å². The number of halogens is 1. The van der Waals surface area contributed by atoms with Gasteiger partial charge in [0.2, 0.25) is 0 Å². The van der Waals surface area contributed by atoms with Gasteiger partial charge < -0.3 is 5.32 Å². The van der Waals surface area contributed by atoms with Gasteiger partial charge in [-0.2, -0.15) is 0 Å². The maximum absolute atomic E-state index is 12.0. The lowest BCUT2D eigenvalue weighted by atomic mass is 10.2. The van der Waals surface area contributed by atoms with Crippen molar-refractivity contribution in [3.63, 3.8) is 0 Å². The van der Waals surface area contributed by atoms with Crippen molar-refractivity contribution in [2.45, 2.75) is 11.4 Å². The molecule has 1 aromatic carbocycles. The summed E-state index contributed by atoms with van der Waals surface area (Å²) in [5.41, 5.74) is 1.54. The quantitative estimate of drug-likeness (QED) is 0.853. The minimum atomic E-state index is -0.137. The number of hydrogen-bond donors (Lipinski definition) is 2. The Morgan fingerprint density at radius 1 is 1.39 bits per heavy atom. The zero-order valence-corrected chi connectivity index (χ0v) is 11.9. The van der Waals surface area contributed by atoms with E-state index in [1.54, 1.807) is 24.5 Å². The number of hydrogen-bond acceptors (Lipinski definition) is 3. The standard InChI is InChI=1S/C13H11BrN2OS/c14-12-4-3-10(18)6-11(12)13(17)16-8-9-2-1-5-15-7-9/h1-7,18H,8H2,(H,16,17). The normalized spacial score (nSPS) is 10.1. The first kappa shape index (κ1) is 13.1. The van der Waals surface area contributed by atoms with Crippen molar-refractivity contribution in [3.05, 3.63) is 58.3 Å². The Kier molecular flexibility index (Phi) is 4.38. The number of aromatic nitrogens is 1. The molecule has 3 nitrogen and oxygen atoms in total. The summed E-state index contributed by atoms with van der Waals surface area (Å²) in [4.78, 5) is 16.7. The van der Waals surface area contributed by atoms with E-state index in [-0.39, 0.29) is 5.91 Å². The molecule has 0 aliphatic carbocycles. The molecule has 0 aliphatic rings. The van der Waals surface area contributed by atoms with Gasteiger partial charge in [0.15, 0.2) is 0 Å². The Labute approximate surface area is 119 Å². The number of amides is 1. The SMILES string of the molecule is O=C(NCc1cccnc1)c1cc(S)ccc1Br. The highest BCUT2D eigenvalue weighted by Crippen LogP contribution is 2.20. The minimum Gasteiger partial charge on any atom is -0.348 e. The largest absolute Gasteiger partial charge is 0.348 e. The summed E-state index contributed by atoms with van der Waals surface area (Å²) in [5.74, 6) is -0.137. The molecule has 0 spiro atoms. The molecule has 0 saturated carbocycles. The summed E-state index contributed by atoms with van der Waals surface area (Å²) in [6.45, 7) is 0.454. The third-order valence-corrected chi connectivity index (χ3v) is 3.34. The van der Waals surface area contributed by atoms with E-state index >= 15 is 0 Å². The zero-order chi connectivity index (χ0) is 13.0. The maximum atomic E-state index is 12.0. The van der Waals surface area contributed by atoms with Crippen molar-refractivity contribution in [1.82, 2.24) is 10.3 Å². The highest BCUT2D eigenvalue weighted by molar-refractivity contribution is 9.10. The van der Waals surface area contributed by atoms with Crippen LogP contribution in [0.15, 0.2) is 52.1 Å². The van der Waals surface area contributed by atoms with Crippen LogP contribution in [0.1, 0.15) is 15.9 Å². The number of benzene rings is 1. The first-order valence-corrected chi connectivity index (χ1v) is 6.56. The summed E-state index contributed by atoms with van der Waals surface area (Å²) in [7, 11) is 0. The number of carbonyl (C=O) groups is 1. The fourth-order valence-electron chi connectivity index (χ4n) is 1.47. The van der Waals surface area contributed by atoms with Crippen LogP contribution in [0.2, 0.25) is 0 Å². The maximum Gasteiger partial charge on any atom is 0.252 e. The molecular weight excluding hydrogens is 312 g/mol. The van der Waals surface area contributed by atoms with E-state index in [9.17, 15) is 4.79 Å². The molecule has 0 unspecified atom stereocenters. The highest BCUT2D eigenvalue weighted by atomic mass is 79.9. The van der Waals surface area contributed by atoms with E-state index in [1.807, 2.05) is 18.2 Å². The average Bonchev–Trinajstić information content (AvgIpc) is 2.40. The molecule has 2 aromatic rings. The van der Waals surface area contributed by atoms with Gasteiger partial charge >= 0.3 is 0 Å². The minimum absolute atomic E-state index is 0.137. The first-order valence-electron chi connectivity index (χ1n) is 5.32. The number of rotatable bonds is 3. The van der Waals surface area contributed by atoms with Gasteiger partial charge in [0.05, 0.1) is 5.56 Å². The molecule has 1 N–H and O–H groups in total. The average molecular weight is 323 g/mol. The highest BCUT2D eigenvalue weighted by Gasteiger charge is 2.09. The van der Waals surface area contributed by atoms with E-state index in [2.05, 4.69) is 38.9 Å². The Morgan fingerprint density at radius 3 is 2.94 bits per heavy atom. The number of nitrogens with one attached hydrogen (secondary N) is 1. The molecule has 0 atom stereocenters. The second kappa shape index (κ2) is 6.02. The molecule has 0 aliphatic heterocycles. The lowest BCUT2D eigenvalue weighted by molar-refractivity contribution is 0.0950. The predicted molar refractivity (Wildman–Crippen MR) is 76.8 cm³/mol. The molecule has 1 aromatic heterocycles. The fraction of sp³-hybridized carbons (Fsp3) is 0.0769. The van der Waals surface area contributed by atoms with Gasteiger partial charge in [0.1, 0.15) is 0 Å². The van der Waals surface area contributed by atoms with Gasteiger partial charge in [-0.1, -0.05) is 6.07 Å². The van der Waals surface area contributed by atoms with Crippen LogP contribution < -0.4 is 5.32 Å². The molecular formula is C13H11BrN2OS. The number of pyridine rings is 1. The summed E-state index contributed by atoms with van der Waals surface area (Å²) in [5, 5.41) is 2.84. The van der Waals surface area contributed by atoms with Crippen molar-refractivity contribution in [3.8, 4) is 0 Å². The van der Waals surface area contributed by atoms with Crippen LogP contribution in [-0.2, 0) is 6.54 Å². The van der Waals surface area contributed by atoms with E-state index < -0.39 is 0 Å². The van der Waals surface area contributed by atoms with Crippen LogP contribution in [0.25, 0.3) is 0 Å². The molecule has 1 heterocycles. The number of nitrogens with zero attached hydrogens (tertiary/aromatic N) is 1. The summed E-state index contributed by atoms with van der Waals surface area (Å²) < 4.78 is 0.754. The Balaban J connectivity index is 2.06. The molecule has 92 valence electrons. The second-order valence-corrected chi connectivity index (χ2v) is 5.08. The van der Waals surface area contributed by atoms with E-state index in [1.165, 1.54) is 0 Å². The molecule has 18 heavy (non-hydrogen) atoms. The molecule has 0 bridgehead atoms. The van der Waals surface area contributed by atoms with Gasteiger partial charge in [-0.15, -0.1) is 12.6 Å². The predicted octanol–water partition coefficient (Wildman–Crippen LogP) is 3.06. The first-order chi connectivity index (χ1) is 8.66. The summed E-state index contributed by atoms with van der Waals surface area (Å²) in [6, 6.07) is 9.11. The van der Waals surface area contributed by atoms with Crippen molar-refractivity contribution >= 4 is 34.5 Å². The van der Waals surface area contributed by atoms with Crippen LogP contribution in [-0.4, -0.2) is 10.9 Å². The van der Waals surface area contributed by atoms with E-state index in [4.69, 9.17) is 0 Å². The summed E-state index contributed by atoms with van der Waals surface area (Å²) >= 11 is 7.57. The Bertz CT molecular complexity index is 560. The molecule has 0 fully saturated rings. The van der Waals surface area contributed by atoms with Crippen LogP contribution in [0, 0.1) is 0 Å². The zero-order valence-electron chi connectivity index (χ0n) is 9.43. The molecule has 5 heteroatoms. The molecule has 1 amide bonds. The molecule has 2 rings (SSSR count). The van der Waals surface area contributed by atoms with Crippen LogP contribution >= 0.6 is 28.6 Å². The lowest BCUT2D eigenvalue weighted by Gasteiger charge is -2.07. The van der Waals surface area contributed by atoms with Crippen molar-refractivity contribution < 1.29 is 4.79 Å².